The van der Waals surface area contributed by atoms with Gasteiger partial charge in [0.2, 0.25) is 5.91 Å². The first kappa shape index (κ1) is 21.8. The fraction of sp³-hybridized carbons (Fsp3) is 0.458. The molecule has 3 rings (SSSR count). The third-order valence-corrected chi connectivity index (χ3v) is 5.69. The van der Waals surface area contributed by atoms with Gasteiger partial charge in [-0.3, -0.25) is 14.4 Å². The van der Waals surface area contributed by atoms with Gasteiger partial charge in [-0.2, -0.15) is 0 Å². The summed E-state index contributed by atoms with van der Waals surface area (Å²) in [6.07, 6.45) is 1.87. The summed E-state index contributed by atoms with van der Waals surface area (Å²) in [5.74, 6) is 0.408. The van der Waals surface area contributed by atoms with Crippen molar-refractivity contribution in [3.8, 4) is 0 Å². The third kappa shape index (κ3) is 4.64. The summed E-state index contributed by atoms with van der Waals surface area (Å²) in [6.45, 7) is 9.96. The molecule has 1 aromatic heterocycles. The van der Waals surface area contributed by atoms with Crippen molar-refractivity contribution < 1.29 is 18.8 Å². The van der Waals surface area contributed by atoms with E-state index in [1.54, 1.807) is 6.92 Å². The SMILES string of the molecule is CCC(C)C(=O)Nc1cccc(CNC(=O)c2oc3c(c2C)C(=O)CC(C)(C)C3)c1. The molecule has 2 N–H and O–H groups in total. The second-order valence-corrected chi connectivity index (χ2v) is 8.98. The van der Waals surface area contributed by atoms with Gasteiger partial charge in [0, 0.05) is 36.6 Å². The number of ketones is 1. The molecule has 6 nitrogen and oxygen atoms in total. The van der Waals surface area contributed by atoms with Crippen LogP contribution in [0.5, 0.6) is 0 Å². The van der Waals surface area contributed by atoms with Gasteiger partial charge >= 0.3 is 0 Å². The number of fused-ring (bicyclic) bond motifs is 1. The quantitative estimate of drug-likeness (QED) is 0.725. The van der Waals surface area contributed by atoms with Crippen LogP contribution in [0.3, 0.4) is 0 Å². The number of furan rings is 1. The molecule has 6 heteroatoms. The van der Waals surface area contributed by atoms with Crippen LogP contribution in [0.15, 0.2) is 28.7 Å². The van der Waals surface area contributed by atoms with Gasteiger partial charge in [-0.15, -0.1) is 0 Å². The number of hydrogen-bond acceptors (Lipinski definition) is 4. The van der Waals surface area contributed by atoms with Gasteiger partial charge in [0.1, 0.15) is 5.76 Å². The number of hydrogen-bond donors (Lipinski definition) is 2. The summed E-state index contributed by atoms with van der Waals surface area (Å²) in [4.78, 5) is 37.3. The van der Waals surface area contributed by atoms with E-state index in [1.165, 1.54) is 0 Å². The van der Waals surface area contributed by atoms with Gasteiger partial charge in [0.25, 0.3) is 5.91 Å². The summed E-state index contributed by atoms with van der Waals surface area (Å²) >= 11 is 0. The van der Waals surface area contributed by atoms with Gasteiger partial charge in [-0.05, 0) is 36.5 Å². The highest BCUT2D eigenvalue weighted by Crippen LogP contribution is 2.38. The smallest absolute Gasteiger partial charge is 0.287 e. The normalized spacial score (nSPS) is 16.0. The zero-order chi connectivity index (χ0) is 22.1. The molecule has 0 saturated carbocycles. The van der Waals surface area contributed by atoms with Crippen LogP contribution in [-0.4, -0.2) is 17.6 Å². The highest BCUT2D eigenvalue weighted by molar-refractivity contribution is 6.03. The summed E-state index contributed by atoms with van der Waals surface area (Å²) in [6, 6.07) is 7.38. The average Bonchev–Trinajstić information content (AvgIpc) is 3.00. The molecular weight excluding hydrogens is 380 g/mol. The first-order valence-electron chi connectivity index (χ1n) is 10.4. The van der Waals surface area contributed by atoms with E-state index in [-0.39, 0.29) is 41.2 Å². The number of anilines is 1. The van der Waals surface area contributed by atoms with Crippen molar-refractivity contribution in [3.05, 3.63) is 52.5 Å². The molecule has 160 valence electrons. The van der Waals surface area contributed by atoms with E-state index >= 15 is 0 Å². The van der Waals surface area contributed by atoms with Crippen molar-refractivity contribution >= 4 is 23.3 Å². The Morgan fingerprint density at radius 1 is 1.23 bits per heavy atom. The molecule has 1 atom stereocenters. The maximum Gasteiger partial charge on any atom is 0.287 e. The lowest BCUT2D eigenvalue weighted by atomic mass is 9.76. The van der Waals surface area contributed by atoms with Crippen molar-refractivity contribution in [3.63, 3.8) is 0 Å². The fourth-order valence-corrected chi connectivity index (χ4v) is 3.77. The summed E-state index contributed by atoms with van der Waals surface area (Å²) < 4.78 is 5.82. The Morgan fingerprint density at radius 3 is 2.67 bits per heavy atom. The number of benzene rings is 1. The lowest BCUT2D eigenvalue weighted by Gasteiger charge is -2.27. The molecule has 0 spiro atoms. The fourth-order valence-electron chi connectivity index (χ4n) is 3.77. The molecule has 0 aliphatic heterocycles. The van der Waals surface area contributed by atoms with Crippen molar-refractivity contribution in [2.45, 2.75) is 60.4 Å². The van der Waals surface area contributed by atoms with Crippen molar-refractivity contribution in [1.82, 2.24) is 5.32 Å². The van der Waals surface area contributed by atoms with Crippen LogP contribution in [0.4, 0.5) is 5.69 Å². The standard InChI is InChI=1S/C24H30N2O4/c1-6-14(2)22(28)26-17-9-7-8-16(10-17)13-25-23(29)21-15(3)20-18(27)11-24(4,5)12-19(20)30-21/h7-10,14H,6,11-13H2,1-5H3,(H,25,29)(H,26,28). The van der Waals surface area contributed by atoms with Crippen LogP contribution < -0.4 is 10.6 Å². The van der Waals surface area contributed by atoms with Crippen molar-refractivity contribution in [1.29, 1.82) is 0 Å². The minimum absolute atomic E-state index is 0.0249. The number of nitrogens with one attached hydrogen (secondary N) is 2. The minimum atomic E-state index is -0.346. The summed E-state index contributed by atoms with van der Waals surface area (Å²) in [5.41, 5.74) is 2.57. The number of Topliss-reactive ketones (excluding diaryl/α,β-unsaturated/α-hetero) is 1. The zero-order valence-corrected chi connectivity index (χ0v) is 18.3. The number of amides is 2. The predicted octanol–water partition coefficient (Wildman–Crippen LogP) is 4.66. The van der Waals surface area contributed by atoms with E-state index in [0.717, 1.165) is 12.0 Å². The lowest BCUT2D eigenvalue weighted by Crippen LogP contribution is -2.26. The maximum atomic E-state index is 12.7. The van der Waals surface area contributed by atoms with Crippen LogP contribution in [0, 0.1) is 18.3 Å². The van der Waals surface area contributed by atoms with Gasteiger partial charge < -0.3 is 15.1 Å². The zero-order valence-electron chi connectivity index (χ0n) is 18.3. The molecular formula is C24H30N2O4. The molecule has 1 heterocycles. The van der Waals surface area contributed by atoms with Gasteiger partial charge in [0.15, 0.2) is 11.5 Å². The van der Waals surface area contributed by atoms with Gasteiger partial charge in [-0.25, -0.2) is 0 Å². The van der Waals surface area contributed by atoms with E-state index in [4.69, 9.17) is 4.42 Å². The number of carbonyl (C=O) groups is 3. The molecule has 0 radical (unpaired) electrons. The van der Waals surface area contributed by atoms with E-state index in [1.807, 2.05) is 52.0 Å². The Balaban J connectivity index is 1.69. The topological polar surface area (TPSA) is 88.4 Å². The van der Waals surface area contributed by atoms with Gasteiger partial charge in [-0.1, -0.05) is 39.8 Å². The first-order valence-corrected chi connectivity index (χ1v) is 10.4. The number of rotatable bonds is 6. The number of carbonyl (C=O) groups excluding carboxylic acids is 3. The van der Waals surface area contributed by atoms with Crippen LogP contribution in [0.1, 0.15) is 78.3 Å². The Morgan fingerprint density at radius 2 is 1.97 bits per heavy atom. The second kappa shape index (κ2) is 8.46. The average molecular weight is 411 g/mol. The summed E-state index contributed by atoms with van der Waals surface area (Å²) in [7, 11) is 0. The van der Waals surface area contributed by atoms with Crippen molar-refractivity contribution in [2.75, 3.05) is 5.32 Å². The molecule has 0 saturated heterocycles. The Kier molecular flexibility index (Phi) is 6.15. The summed E-state index contributed by atoms with van der Waals surface area (Å²) in [5, 5.41) is 5.76. The highest BCUT2D eigenvalue weighted by Gasteiger charge is 2.37. The van der Waals surface area contributed by atoms with Crippen LogP contribution in [-0.2, 0) is 17.8 Å². The maximum absolute atomic E-state index is 12.7. The molecule has 1 unspecified atom stereocenters. The monoisotopic (exact) mass is 410 g/mol. The Bertz CT molecular complexity index is 987. The Labute approximate surface area is 177 Å². The molecule has 1 aliphatic carbocycles. The van der Waals surface area contributed by atoms with Gasteiger partial charge in [0.05, 0.1) is 5.56 Å². The largest absolute Gasteiger partial charge is 0.455 e. The molecule has 1 aliphatic rings. The Hall–Kier alpha value is -2.89. The lowest BCUT2D eigenvalue weighted by molar-refractivity contribution is -0.119. The van der Waals surface area contributed by atoms with Crippen LogP contribution in [0.2, 0.25) is 0 Å². The molecule has 2 amide bonds. The molecule has 2 aromatic rings. The van der Waals surface area contributed by atoms with E-state index < -0.39 is 0 Å². The molecule has 1 aromatic carbocycles. The molecule has 0 fully saturated rings. The second-order valence-electron chi connectivity index (χ2n) is 8.98. The van der Waals surface area contributed by atoms with E-state index in [0.29, 0.717) is 35.4 Å². The van der Waals surface area contributed by atoms with Crippen molar-refractivity contribution in [2.24, 2.45) is 11.3 Å². The third-order valence-electron chi connectivity index (χ3n) is 5.69. The predicted molar refractivity (Wildman–Crippen MR) is 116 cm³/mol. The van der Waals surface area contributed by atoms with Crippen LogP contribution >= 0.6 is 0 Å². The first-order chi connectivity index (χ1) is 14.1. The molecule has 0 bridgehead atoms. The highest BCUT2D eigenvalue weighted by atomic mass is 16.4. The molecule has 30 heavy (non-hydrogen) atoms. The van der Waals surface area contributed by atoms with E-state index in [2.05, 4.69) is 10.6 Å². The minimum Gasteiger partial charge on any atom is -0.455 e. The van der Waals surface area contributed by atoms with Crippen LogP contribution in [0.25, 0.3) is 0 Å². The van der Waals surface area contributed by atoms with E-state index in [9.17, 15) is 14.4 Å².